The molecule has 112 valence electrons. The van der Waals surface area contributed by atoms with E-state index in [1.165, 1.54) is 6.07 Å². The van der Waals surface area contributed by atoms with Gasteiger partial charge in [-0.15, -0.1) is 0 Å². The van der Waals surface area contributed by atoms with E-state index in [9.17, 15) is 9.90 Å². The molecule has 0 aliphatic carbocycles. The number of nitrogens with zero attached hydrogens (tertiary/aromatic N) is 2. The summed E-state index contributed by atoms with van der Waals surface area (Å²) in [7, 11) is 0. The maximum atomic E-state index is 11.1. The van der Waals surface area contributed by atoms with Crippen LogP contribution >= 0.6 is 11.6 Å². The largest absolute Gasteiger partial charge is 0.478 e. The molecule has 22 heavy (non-hydrogen) atoms. The lowest BCUT2D eigenvalue weighted by Gasteiger charge is -2.09. The summed E-state index contributed by atoms with van der Waals surface area (Å²) in [5.41, 5.74) is 2.24. The Balaban J connectivity index is 2.28. The molecule has 6 heteroatoms. The average molecular weight is 317 g/mol. The van der Waals surface area contributed by atoms with Crippen molar-refractivity contribution in [2.75, 3.05) is 6.61 Å². The topological polar surface area (TPSA) is 75.3 Å². The number of aliphatic hydroxyl groups is 1. The molecule has 2 aromatic carbocycles. The molecule has 2 N–H and O–H groups in total. The van der Waals surface area contributed by atoms with Crippen molar-refractivity contribution in [2.45, 2.75) is 6.54 Å². The van der Waals surface area contributed by atoms with Gasteiger partial charge >= 0.3 is 5.97 Å². The first-order chi connectivity index (χ1) is 10.6. The molecule has 5 nitrogen and oxygen atoms in total. The highest BCUT2D eigenvalue weighted by Gasteiger charge is 2.16. The van der Waals surface area contributed by atoms with Crippen LogP contribution in [0.25, 0.3) is 22.4 Å². The molecule has 0 atom stereocenters. The van der Waals surface area contributed by atoms with Crippen LogP contribution in [-0.4, -0.2) is 32.3 Å². The second kappa shape index (κ2) is 5.79. The number of hydrogen-bond donors (Lipinski definition) is 2. The Morgan fingerprint density at radius 1 is 1.23 bits per heavy atom. The molecular formula is C16H13ClN2O3. The highest BCUT2D eigenvalue weighted by molar-refractivity contribution is 6.33. The van der Waals surface area contributed by atoms with E-state index in [1.807, 2.05) is 18.2 Å². The lowest BCUT2D eigenvalue weighted by atomic mass is 10.2. The van der Waals surface area contributed by atoms with Gasteiger partial charge < -0.3 is 14.8 Å². The lowest BCUT2D eigenvalue weighted by Crippen LogP contribution is -2.05. The fourth-order valence-corrected chi connectivity index (χ4v) is 2.65. The quantitative estimate of drug-likeness (QED) is 0.775. The lowest BCUT2D eigenvalue weighted by molar-refractivity contribution is 0.0697. The molecular weight excluding hydrogens is 304 g/mol. The van der Waals surface area contributed by atoms with Gasteiger partial charge in [-0.25, -0.2) is 9.78 Å². The van der Waals surface area contributed by atoms with Crippen LogP contribution in [0.5, 0.6) is 0 Å². The number of fused-ring (bicyclic) bond motifs is 1. The van der Waals surface area contributed by atoms with Crippen LogP contribution in [0.1, 0.15) is 10.4 Å². The van der Waals surface area contributed by atoms with Crippen molar-refractivity contribution in [2.24, 2.45) is 0 Å². The number of aliphatic hydroxyl groups excluding tert-OH is 1. The summed E-state index contributed by atoms with van der Waals surface area (Å²) in [5.74, 6) is -0.393. The number of carboxylic acid groups (broad SMARTS) is 1. The normalized spacial score (nSPS) is 11.0. The Morgan fingerprint density at radius 3 is 2.68 bits per heavy atom. The number of benzene rings is 2. The molecule has 3 rings (SSSR count). The second-order valence-corrected chi connectivity index (χ2v) is 5.21. The zero-order valence-electron chi connectivity index (χ0n) is 11.5. The van der Waals surface area contributed by atoms with Crippen LogP contribution < -0.4 is 0 Å². The molecule has 0 fully saturated rings. The number of halogens is 1. The van der Waals surface area contributed by atoms with E-state index in [4.69, 9.17) is 16.7 Å². The summed E-state index contributed by atoms with van der Waals surface area (Å²) in [6, 6.07) is 12.0. The molecule has 0 saturated carbocycles. The van der Waals surface area contributed by atoms with Gasteiger partial charge in [-0.05, 0) is 30.3 Å². The minimum atomic E-state index is -1.00. The first-order valence-corrected chi connectivity index (χ1v) is 7.09. The summed E-state index contributed by atoms with van der Waals surface area (Å²) in [6.45, 7) is 0.223. The zero-order chi connectivity index (χ0) is 15.7. The summed E-state index contributed by atoms with van der Waals surface area (Å²) in [6.07, 6.45) is 0. The fraction of sp³-hybridized carbons (Fsp3) is 0.125. The van der Waals surface area contributed by atoms with Crippen molar-refractivity contribution in [1.82, 2.24) is 9.55 Å². The molecule has 0 spiro atoms. The van der Waals surface area contributed by atoms with Gasteiger partial charge in [0.05, 0.1) is 28.2 Å². The van der Waals surface area contributed by atoms with Gasteiger partial charge in [-0.2, -0.15) is 0 Å². The first kappa shape index (κ1) is 14.6. The van der Waals surface area contributed by atoms with Gasteiger partial charge in [0.25, 0.3) is 0 Å². The van der Waals surface area contributed by atoms with Gasteiger partial charge in [0.2, 0.25) is 0 Å². The van der Waals surface area contributed by atoms with E-state index in [0.29, 0.717) is 28.4 Å². The zero-order valence-corrected chi connectivity index (χ0v) is 12.3. The first-order valence-electron chi connectivity index (χ1n) is 6.71. The fourth-order valence-electron chi connectivity index (χ4n) is 2.43. The van der Waals surface area contributed by atoms with E-state index in [0.717, 1.165) is 5.56 Å². The number of aromatic carboxylic acids is 1. The predicted molar refractivity (Wildman–Crippen MR) is 84.2 cm³/mol. The number of aromatic nitrogens is 2. The van der Waals surface area contributed by atoms with Gasteiger partial charge in [-0.3, -0.25) is 0 Å². The third-order valence-electron chi connectivity index (χ3n) is 3.43. The highest BCUT2D eigenvalue weighted by Crippen LogP contribution is 2.30. The molecule has 0 bridgehead atoms. The van der Waals surface area contributed by atoms with Crippen LogP contribution in [0.4, 0.5) is 0 Å². The van der Waals surface area contributed by atoms with Crippen LogP contribution in [0.2, 0.25) is 5.02 Å². The van der Waals surface area contributed by atoms with Crippen molar-refractivity contribution in [3.05, 3.63) is 53.1 Å². The standard InChI is InChI=1S/C16H13ClN2O3/c17-12-4-2-1-3-11(12)15-18-13-6-5-10(16(21)22)9-14(13)19(15)7-8-20/h1-6,9,20H,7-8H2,(H,21,22). The van der Waals surface area contributed by atoms with Gasteiger partial charge in [0.15, 0.2) is 0 Å². The smallest absolute Gasteiger partial charge is 0.335 e. The van der Waals surface area contributed by atoms with Gasteiger partial charge in [-0.1, -0.05) is 23.7 Å². The highest BCUT2D eigenvalue weighted by atomic mass is 35.5. The van der Waals surface area contributed by atoms with Crippen LogP contribution in [0, 0.1) is 0 Å². The molecule has 1 heterocycles. The predicted octanol–water partition coefficient (Wildman–Crippen LogP) is 3.05. The third-order valence-corrected chi connectivity index (χ3v) is 3.76. The Hall–Kier alpha value is -2.37. The molecule has 0 aliphatic rings. The molecule has 0 aliphatic heterocycles. The van der Waals surface area contributed by atoms with Crippen LogP contribution in [-0.2, 0) is 6.54 Å². The molecule has 3 aromatic rings. The Kier molecular flexibility index (Phi) is 3.83. The van der Waals surface area contributed by atoms with Crippen LogP contribution in [0.15, 0.2) is 42.5 Å². The minimum absolute atomic E-state index is 0.0831. The van der Waals surface area contributed by atoms with Crippen molar-refractivity contribution in [1.29, 1.82) is 0 Å². The monoisotopic (exact) mass is 316 g/mol. The number of rotatable bonds is 4. The Labute approximate surface area is 131 Å². The molecule has 0 radical (unpaired) electrons. The summed E-state index contributed by atoms with van der Waals surface area (Å²) in [5, 5.41) is 19.0. The Bertz CT molecular complexity index is 858. The SMILES string of the molecule is O=C(O)c1ccc2nc(-c3ccccc3Cl)n(CCO)c2c1. The summed E-state index contributed by atoms with van der Waals surface area (Å²) < 4.78 is 1.78. The molecule has 0 unspecified atom stereocenters. The van der Waals surface area contributed by atoms with Crippen molar-refractivity contribution < 1.29 is 15.0 Å². The summed E-state index contributed by atoms with van der Waals surface area (Å²) in [4.78, 5) is 15.7. The third kappa shape index (κ3) is 2.45. The molecule has 1 aromatic heterocycles. The van der Waals surface area contributed by atoms with E-state index in [-0.39, 0.29) is 12.2 Å². The van der Waals surface area contributed by atoms with Crippen LogP contribution in [0.3, 0.4) is 0 Å². The Morgan fingerprint density at radius 2 is 2.00 bits per heavy atom. The van der Waals surface area contributed by atoms with E-state index >= 15 is 0 Å². The maximum Gasteiger partial charge on any atom is 0.335 e. The average Bonchev–Trinajstić information content (AvgIpc) is 2.86. The molecule has 0 amide bonds. The number of hydrogen-bond acceptors (Lipinski definition) is 3. The molecule has 0 saturated heterocycles. The maximum absolute atomic E-state index is 11.1. The number of carboxylic acids is 1. The van der Waals surface area contributed by atoms with Gasteiger partial charge in [0, 0.05) is 12.1 Å². The van der Waals surface area contributed by atoms with Crippen molar-refractivity contribution in [3.63, 3.8) is 0 Å². The van der Waals surface area contributed by atoms with E-state index in [1.54, 1.807) is 22.8 Å². The number of imidazole rings is 1. The van der Waals surface area contributed by atoms with Gasteiger partial charge in [0.1, 0.15) is 5.82 Å². The van der Waals surface area contributed by atoms with E-state index < -0.39 is 5.97 Å². The van der Waals surface area contributed by atoms with Crippen molar-refractivity contribution in [3.8, 4) is 11.4 Å². The minimum Gasteiger partial charge on any atom is -0.478 e. The van der Waals surface area contributed by atoms with Crippen molar-refractivity contribution >= 4 is 28.6 Å². The summed E-state index contributed by atoms with van der Waals surface area (Å²) >= 11 is 6.23. The second-order valence-electron chi connectivity index (χ2n) is 4.80. The van der Waals surface area contributed by atoms with E-state index in [2.05, 4.69) is 4.98 Å². The number of carbonyl (C=O) groups is 1.